The lowest BCUT2D eigenvalue weighted by Gasteiger charge is -2.02. The molecule has 0 amide bonds. The van der Waals surface area contributed by atoms with Crippen molar-refractivity contribution in [1.82, 2.24) is 9.55 Å². The molecule has 1 aromatic rings. The highest BCUT2D eigenvalue weighted by Crippen LogP contribution is 1.92. The minimum atomic E-state index is 1.08. The Morgan fingerprint density at radius 2 is 2.56 bits per heavy atom. The molecule has 0 aliphatic carbocycles. The van der Waals surface area contributed by atoms with E-state index in [0.29, 0.717) is 0 Å². The van der Waals surface area contributed by atoms with Gasteiger partial charge in [-0.3, -0.25) is 0 Å². The number of aromatic nitrogens is 2. The minimum absolute atomic E-state index is 1.08. The van der Waals surface area contributed by atoms with Crippen LogP contribution in [0.2, 0.25) is 0 Å². The number of unbranched alkanes of at least 4 members (excludes halogenated alkanes) is 1. The van der Waals surface area contributed by atoms with Crippen LogP contribution in [0.3, 0.4) is 0 Å². The smallest absolute Gasteiger partial charge is 0.00418 e. The Bertz CT molecular complexity index is 144. The molecule has 50 valence electrons. The summed E-state index contributed by atoms with van der Waals surface area (Å²) in [5, 5.41) is 0. The van der Waals surface area contributed by atoms with E-state index < -0.39 is 0 Å². The van der Waals surface area contributed by atoms with Gasteiger partial charge in [0.25, 0.3) is 0 Å². The predicted molar refractivity (Wildman–Crippen MR) is 36.0 cm³/mol. The number of aryl methyl sites for hydroxylation is 1. The third-order valence-corrected chi connectivity index (χ3v) is 1.27. The van der Waals surface area contributed by atoms with E-state index in [9.17, 15) is 0 Å². The van der Waals surface area contributed by atoms with Gasteiger partial charge in [0.1, 0.15) is 0 Å². The molecule has 0 spiro atoms. The van der Waals surface area contributed by atoms with Crippen molar-refractivity contribution >= 4 is 0 Å². The van der Waals surface area contributed by atoms with Crippen molar-refractivity contribution in [2.75, 3.05) is 0 Å². The van der Waals surface area contributed by atoms with Crippen molar-refractivity contribution in [3.63, 3.8) is 0 Å². The van der Waals surface area contributed by atoms with Gasteiger partial charge in [-0.2, -0.15) is 0 Å². The van der Waals surface area contributed by atoms with Gasteiger partial charge < -0.3 is 9.55 Å². The summed E-state index contributed by atoms with van der Waals surface area (Å²) in [4.78, 5) is 3.81. The highest BCUT2D eigenvalue weighted by Gasteiger charge is 1.79. The first-order chi connectivity index (χ1) is 4.43. The average Bonchev–Trinajstić information content (AvgIpc) is 2.34. The topological polar surface area (TPSA) is 17.8 Å². The van der Waals surface area contributed by atoms with Crippen molar-refractivity contribution in [2.24, 2.45) is 0 Å². The molecule has 0 fully saturated rings. The second kappa shape index (κ2) is 3.28. The number of nitrogens with zero attached hydrogens (tertiary/aromatic N) is 2. The van der Waals surface area contributed by atoms with Crippen molar-refractivity contribution in [1.29, 1.82) is 0 Å². The number of rotatable bonds is 3. The zero-order valence-corrected chi connectivity index (χ0v) is 5.67. The molecular weight excluding hydrogens is 112 g/mol. The minimum Gasteiger partial charge on any atom is -0.442 e. The van der Waals surface area contributed by atoms with E-state index >= 15 is 0 Å². The maximum absolute atomic E-state index is 3.81. The average molecular weight is 123 g/mol. The molecule has 0 saturated heterocycles. The van der Waals surface area contributed by atoms with Crippen LogP contribution in [0.25, 0.3) is 0 Å². The molecule has 0 aliphatic rings. The van der Waals surface area contributed by atoms with E-state index in [1.807, 2.05) is 10.8 Å². The fourth-order valence-corrected chi connectivity index (χ4v) is 0.711. The van der Waals surface area contributed by atoms with Crippen molar-refractivity contribution < 1.29 is 0 Å². The van der Waals surface area contributed by atoms with Crippen LogP contribution in [0.1, 0.15) is 19.8 Å². The van der Waals surface area contributed by atoms with E-state index in [-0.39, 0.29) is 0 Å². The summed E-state index contributed by atoms with van der Waals surface area (Å²) < 4.78 is 2.05. The van der Waals surface area contributed by atoms with Gasteiger partial charge >= 0.3 is 0 Å². The quantitative estimate of drug-likeness (QED) is 0.557. The second-order valence-electron chi connectivity index (χ2n) is 2.09. The Kier molecular flexibility index (Phi) is 2.31. The first-order valence-electron chi connectivity index (χ1n) is 3.31. The maximum atomic E-state index is 3.81. The lowest BCUT2D eigenvalue weighted by Crippen LogP contribution is -1.92. The maximum Gasteiger partial charge on any atom is 0.00418 e. The van der Waals surface area contributed by atoms with E-state index in [2.05, 4.69) is 18.1 Å². The second-order valence-corrected chi connectivity index (χ2v) is 2.09. The lowest BCUT2D eigenvalue weighted by molar-refractivity contribution is 0.631. The molecule has 0 aliphatic heterocycles. The summed E-state index contributed by atoms with van der Waals surface area (Å²) in [5.41, 5.74) is 0. The summed E-state index contributed by atoms with van der Waals surface area (Å²) in [6, 6.07) is 0. The molecule has 1 heterocycles. The molecule has 0 saturated carbocycles. The van der Waals surface area contributed by atoms with Gasteiger partial charge in [0.15, 0.2) is 0 Å². The van der Waals surface area contributed by atoms with Crippen molar-refractivity contribution in [3.8, 4) is 0 Å². The molecule has 9 heavy (non-hydrogen) atoms. The van der Waals surface area contributed by atoms with E-state index in [0.717, 1.165) is 6.54 Å². The first-order valence-corrected chi connectivity index (χ1v) is 3.31. The van der Waals surface area contributed by atoms with Gasteiger partial charge in [0.05, 0.1) is 0 Å². The molecule has 0 unspecified atom stereocenters. The molecule has 0 N–H and O–H groups in total. The normalized spacial score (nSPS) is 9.89. The van der Waals surface area contributed by atoms with Gasteiger partial charge in [-0.1, -0.05) is 25.9 Å². The Morgan fingerprint density at radius 1 is 1.67 bits per heavy atom. The molecule has 1 rings (SSSR count). The van der Waals surface area contributed by atoms with Crippen LogP contribution >= 0.6 is 0 Å². The van der Waals surface area contributed by atoms with Gasteiger partial charge in [-0.15, -0.1) is 6.20 Å². The molecule has 0 bridgehead atoms. The molecule has 1 aromatic heterocycles. The molecule has 0 aromatic carbocycles. The van der Waals surface area contributed by atoms with Crippen LogP contribution in [0.5, 0.6) is 0 Å². The SMILES string of the molecule is CCCCn1c[c-]nc1. The third-order valence-electron chi connectivity index (χ3n) is 1.27. The van der Waals surface area contributed by atoms with Crippen molar-refractivity contribution in [3.05, 3.63) is 18.7 Å². The lowest BCUT2D eigenvalue weighted by atomic mass is 10.3. The monoisotopic (exact) mass is 123 g/mol. The first kappa shape index (κ1) is 6.33. The van der Waals surface area contributed by atoms with Crippen molar-refractivity contribution in [2.45, 2.75) is 26.3 Å². The highest BCUT2D eigenvalue weighted by atomic mass is 15.0. The van der Waals surface area contributed by atoms with Crippen LogP contribution in [0.15, 0.2) is 12.5 Å². The summed E-state index contributed by atoms with van der Waals surface area (Å²) in [7, 11) is 0. The van der Waals surface area contributed by atoms with Gasteiger partial charge in [-0.25, -0.2) is 0 Å². The van der Waals surface area contributed by atoms with Crippen LogP contribution < -0.4 is 0 Å². The Hall–Kier alpha value is -0.790. The number of hydrogen-bond acceptors (Lipinski definition) is 1. The molecule has 0 atom stereocenters. The number of imidazole rings is 1. The van der Waals surface area contributed by atoms with Gasteiger partial charge in [-0.05, 0) is 6.42 Å². The van der Waals surface area contributed by atoms with Crippen LogP contribution in [-0.2, 0) is 6.54 Å². The Morgan fingerprint density at radius 3 is 3.11 bits per heavy atom. The molecule has 2 heteroatoms. The molecular formula is C7H11N2-. The van der Waals surface area contributed by atoms with Crippen LogP contribution in [0, 0.1) is 6.20 Å². The van der Waals surface area contributed by atoms with E-state index in [1.54, 1.807) is 6.33 Å². The Labute approximate surface area is 55.5 Å². The zero-order chi connectivity index (χ0) is 6.53. The summed E-state index contributed by atoms with van der Waals surface area (Å²) in [6.07, 6.45) is 8.88. The third kappa shape index (κ3) is 1.88. The van der Waals surface area contributed by atoms with Crippen LogP contribution in [0.4, 0.5) is 0 Å². The van der Waals surface area contributed by atoms with Crippen LogP contribution in [-0.4, -0.2) is 9.55 Å². The highest BCUT2D eigenvalue weighted by molar-refractivity contribution is 4.70. The zero-order valence-electron chi connectivity index (χ0n) is 5.67. The van der Waals surface area contributed by atoms with Gasteiger partial charge in [0.2, 0.25) is 0 Å². The number of hydrogen-bond donors (Lipinski definition) is 0. The Balaban J connectivity index is 2.30. The van der Waals surface area contributed by atoms with E-state index in [4.69, 9.17) is 0 Å². The summed E-state index contributed by atoms with van der Waals surface area (Å²) >= 11 is 0. The van der Waals surface area contributed by atoms with Gasteiger partial charge in [0, 0.05) is 6.54 Å². The molecule has 0 radical (unpaired) electrons. The fourth-order valence-electron chi connectivity index (χ4n) is 0.711. The standard InChI is InChI=1S/C7H11N2/c1-2-3-5-9-6-4-8-7-9/h6-7H,2-3,5H2,1H3/q-1. The van der Waals surface area contributed by atoms with E-state index in [1.165, 1.54) is 12.8 Å². The fraction of sp³-hybridized carbons (Fsp3) is 0.571. The predicted octanol–water partition coefficient (Wildman–Crippen LogP) is 1.48. The summed E-state index contributed by atoms with van der Waals surface area (Å²) in [5.74, 6) is 0. The largest absolute Gasteiger partial charge is 0.442 e. The molecule has 2 nitrogen and oxygen atoms in total. The summed E-state index contributed by atoms with van der Waals surface area (Å²) in [6.45, 7) is 3.26.